The molecular weight excluding hydrogens is 396 g/mol. The van der Waals surface area contributed by atoms with E-state index in [0.29, 0.717) is 11.3 Å². The van der Waals surface area contributed by atoms with Gasteiger partial charge < -0.3 is 15.4 Å². The standard InChI is InChI=1S/C16H15BrN2O4S/c17-12-3-1-2-4-13(12)19-14(20)9-23-15(21)5-7-18-16(22)11-6-8-24-10-11/h1-4,6,8,10H,5,7,9H2,(H,18,22)(H,19,20). The molecule has 0 fully saturated rings. The number of esters is 1. The van der Waals surface area contributed by atoms with Gasteiger partial charge in [-0.3, -0.25) is 14.4 Å². The van der Waals surface area contributed by atoms with Crippen LogP contribution in [0.1, 0.15) is 16.8 Å². The van der Waals surface area contributed by atoms with Crippen LogP contribution in [0.5, 0.6) is 0 Å². The maximum Gasteiger partial charge on any atom is 0.308 e. The Morgan fingerprint density at radius 2 is 1.96 bits per heavy atom. The summed E-state index contributed by atoms with van der Waals surface area (Å²) in [5.74, 6) is -1.23. The quantitative estimate of drug-likeness (QED) is 0.687. The van der Waals surface area contributed by atoms with E-state index in [4.69, 9.17) is 4.74 Å². The van der Waals surface area contributed by atoms with Gasteiger partial charge in [0, 0.05) is 22.0 Å². The molecule has 0 saturated heterocycles. The zero-order valence-corrected chi connectivity index (χ0v) is 15.0. The minimum Gasteiger partial charge on any atom is -0.456 e. The average Bonchev–Trinajstić information content (AvgIpc) is 3.09. The number of thiophene rings is 1. The average molecular weight is 411 g/mol. The molecule has 0 atom stereocenters. The zero-order chi connectivity index (χ0) is 17.4. The van der Waals surface area contributed by atoms with E-state index in [-0.39, 0.29) is 25.5 Å². The van der Waals surface area contributed by atoms with E-state index >= 15 is 0 Å². The van der Waals surface area contributed by atoms with Crippen LogP contribution in [0, 0.1) is 0 Å². The normalized spacial score (nSPS) is 10.0. The lowest BCUT2D eigenvalue weighted by atomic mass is 10.3. The van der Waals surface area contributed by atoms with E-state index in [0.717, 1.165) is 4.47 Å². The predicted octanol–water partition coefficient (Wildman–Crippen LogP) is 2.81. The Hall–Kier alpha value is -2.19. The van der Waals surface area contributed by atoms with E-state index in [9.17, 15) is 14.4 Å². The fourth-order valence-electron chi connectivity index (χ4n) is 1.74. The smallest absolute Gasteiger partial charge is 0.308 e. The molecule has 1 aromatic heterocycles. The van der Waals surface area contributed by atoms with Gasteiger partial charge in [0.2, 0.25) is 0 Å². The third-order valence-electron chi connectivity index (χ3n) is 2.91. The molecule has 2 aromatic rings. The molecule has 8 heteroatoms. The van der Waals surface area contributed by atoms with Crippen molar-refractivity contribution >= 4 is 50.7 Å². The fourth-order valence-corrected chi connectivity index (χ4v) is 2.76. The Balaban J connectivity index is 1.65. The van der Waals surface area contributed by atoms with Crippen LogP contribution in [-0.4, -0.2) is 30.9 Å². The highest BCUT2D eigenvalue weighted by atomic mass is 79.9. The summed E-state index contributed by atoms with van der Waals surface area (Å²) in [5.41, 5.74) is 1.16. The molecule has 1 aromatic carbocycles. The first kappa shape index (κ1) is 18.2. The van der Waals surface area contributed by atoms with Gasteiger partial charge in [-0.2, -0.15) is 11.3 Å². The van der Waals surface area contributed by atoms with Gasteiger partial charge in [0.1, 0.15) is 0 Å². The van der Waals surface area contributed by atoms with Crippen molar-refractivity contribution in [1.29, 1.82) is 0 Å². The number of anilines is 1. The van der Waals surface area contributed by atoms with Gasteiger partial charge in [-0.15, -0.1) is 0 Å². The number of rotatable bonds is 7. The largest absolute Gasteiger partial charge is 0.456 e. The molecule has 0 saturated carbocycles. The van der Waals surface area contributed by atoms with Crippen molar-refractivity contribution in [2.24, 2.45) is 0 Å². The van der Waals surface area contributed by atoms with E-state index in [2.05, 4.69) is 26.6 Å². The number of hydrogen-bond acceptors (Lipinski definition) is 5. The number of para-hydroxylation sites is 1. The lowest BCUT2D eigenvalue weighted by Gasteiger charge is -2.08. The molecule has 0 radical (unpaired) electrons. The number of carbonyl (C=O) groups is 3. The molecule has 0 aliphatic rings. The Morgan fingerprint density at radius 1 is 1.17 bits per heavy atom. The molecule has 0 aliphatic carbocycles. The van der Waals surface area contributed by atoms with Crippen LogP contribution in [0.4, 0.5) is 5.69 Å². The second-order valence-corrected chi connectivity index (χ2v) is 6.34. The van der Waals surface area contributed by atoms with Gasteiger partial charge in [-0.1, -0.05) is 12.1 Å². The van der Waals surface area contributed by atoms with Gasteiger partial charge in [-0.25, -0.2) is 0 Å². The topological polar surface area (TPSA) is 84.5 Å². The minimum atomic E-state index is -0.553. The monoisotopic (exact) mass is 410 g/mol. The van der Waals surface area contributed by atoms with Crippen LogP contribution < -0.4 is 10.6 Å². The van der Waals surface area contributed by atoms with Gasteiger partial charge in [0.15, 0.2) is 6.61 Å². The van der Waals surface area contributed by atoms with E-state index in [1.807, 2.05) is 6.07 Å². The number of hydrogen-bond donors (Lipinski definition) is 2. The zero-order valence-electron chi connectivity index (χ0n) is 12.6. The predicted molar refractivity (Wildman–Crippen MR) is 95.0 cm³/mol. The molecule has 0 unspecified atom stereocenters. The summed E-state index contributed by atoms with van der Waals surface area (Å²) in [7, 11) is 0. The lowest BCUT2D eigenvalue weighted by molar-refractivity contribution is -0.147. The first-order chi connectivity index (χ1) is 11.6. The minimum absolute atomic E-state index is 0.00180. The number of halogens is 1. The highest BCUT2D eigenvalue weighted by molar-refractivity contribution is 9.10. The Labute approximate surface area is 151 Å². The first-order valence-corrected chi connectivity index (χ1v) is 8.80. The molecule has 0 aliphatic heterocycles. The molecule has 2 rings (SSSR count). The van der Waals surface area contributed by atoms with Gasteiger partial charge in [0.25, 0.3) is 11.8 Å². The van der Waals surface area contributed by atoms with Gasteiger partial charge in [0.05, 0.1) is 12.1 Å². The van der Waals surface area contributed by atoms with Crippen molar-refractivity contribution in [3.8, 4) is 0 Å². The molecular formula is C16H15BrN2O4S. The van der Waals surface area contributed by atoms with E-state index in [1.54, 1.807) is 35.0 Å². The van der Waals surface area contributed by atoms with Crippen LogP contribution >= 0.6 is 27.3 Å². The lowest BCUT2D eigenvalue weighted by Crippen LogP contribution is -2.27. The van der Waals surface area contributed by atoms with Gasteiger partial charge in [-0.05, 0) is 39.5 Å². The van der Waals surface area contributed by atoms with Crippen LogP contribution in [0.3, 0.4) is 0 Å². The summed E-state index contributed by atoms with van der Waals surface area (Å²) in [6.45, 7) is -0.224. The summed E-state index contributed by atoms with van der Waals surface area (Å²) in [5, 5.41) is 8.76. The molecule has 2 N–H and O–H groups in total. The number of carbonyl (C=O) groups excluding carboxylic acids is 3. The summed E-state index contributed by atoms with van der Waals surface area (Å²) in [6, 6.07) is 8.82. The number of amides is 2. The maximum atomic E-state index is 11.7. The molecule has 24 heavy (non-hydrogen) atoms. The van der Waals surface area contributed by atoms with Crippen LogP contribution in [0.25, 0.3) is 0 Å². The Morgan fingerprint density at radius 3 is 2.67 bits per heavy atom. The Bertz CT molecular complexity index is 719. The molecule has 0 spiro atoms. The number of ether oxygens (including phenoxy) is 1. The van der Waals surface area contributed by atoms with Crippen LogP contribution in [-0.2, 0) is 14.3 Å². The number of benzene rings is 1. The van der Waals surface area contributed by atoms with Crippen molar-refractivity contribution in [1.82, 2.24) is 5.32 Å². The van der Waals surface area contributed by atoms with Crippen molar-refractivity contribution in [2.45, 2.75) is 6.42 Å². The van der Waals surface area contributed by atoms with Crippen molar-refractivity contribution < 1.29 is 19.1 Å². The van der Waals surface area contributed by atoms with Crippen LogP contribution in [0.2, 0.25) is 0 Å². The fraction of sp³-hybridized carbons (Fsp3) is 0.188. The second kappa shape index (κ2) is 9.19. The summed E-state index contributed by atoms with van der Waals surface area (Å²) in [6.07, 6.45) is -0.00180. The molecule has 6 nitrogen and oxygen atoms in total. The highest BCUT2D eigenvalue weighted by Crippen LogP contribution is 2.20. The molecule has 126 valence electrons. The maximum absolute atomic E-state index is 11.7. The van der Waals surface area contributed by atoms with E-state index in [1.165, 1.54) is 11.3 Å². The van der Waals surface area contributed by atoms with Gasteiger partial charge >= 0.3 is 5.97 Å². The van der Waals surface area contributed by atoms with Crippen molar-refractivity contribution in [3.63, 3.8) is 0 Å². The summed E-state index contributed by atoms with van der Waals surface area (Å²) < 4.78 is 5.61. The molecule has 2 amide bonds. The SMILES string of the molecule is O=C(COC(=O)CCNC(=O)c1ccsc1)Nc1ccccc1Br. The van der Waals surface area contributed by atoms with Crippen molar-refractivity contribution in [3.05, 3.63) is 51.1 Å². The Kier molecular flexibility index (Phi) is 6.95. The van der Waals surface area contributed by atoms with Crippen LogP contribution in [0.15, 0.2) is 45.6 Å². The number of nitrogens with one attached hydrogen (secondary N) is 2. The van der Waals surface area contributed by atoms with Crippen molar-refractivity contribution in [2.75, 3.05) is 18.5 Å². The summed E-state index contributed by atoms with van der Waals surface area (Å²) >= 11 is 4.73. The third-order valence-corrected chi connectivity index (χ3v) is 4.28. The second-order valence-electron chi connectivity index (χ2n) is 4.71. The molecule has 0 bridgehead atoms. The molecule has 1 heterocycles. The third kappa shape index (κ3) is 5.78. The first-order valence-electron chi connectivity index (χ1n) is 7.06. The highest BCUT2D eigenvalue weighted by Gasteiger charge is 2.10. The van der Waals surface area contributed by atoms with E-state index < -0.39 is 11.9 Å². The summed E-state index contributed by atoms with van der Waals surface area (Å²) in [4.78, 5) is 35.0.